The summed E-state index contributed by atoms with van der Waals surface area (Å²) in [5.74, 6) is -2.11. The maximum atomic E-state index is 16.1. The van der Waals surface area contributed by atoms with Crippen LogP contribution < -0.4 is 0 Å². The molecule has 0 N–H and O–H groups in total. The van der Waals surface area contributed by atoms with E-state index < -0.39 is 33.3 Å². The quantitative estimate of drug-likeness (QED) is 0.187. The number of hydrogen-bond donors (Lipinski definition) is 0. The van der Waals surface area contributed by atoms with E-state index in [4.69, 9.17) is 16.3 Å². The van der Waals surface area contributed by atoms with E-state index >= 15 is 8.78 Å². The Bertz CT molecular complexity index is 1950. The Hall–Kier alpha value is -4.14. The van der Waals surface area contributed by atoms with Gasteiger partial charge < -0.3 is 4.74 Å². The molecular formula is C28H21ClF5N5O3S. The molecule has 43 heavy (non-hydrogen) atoms. The number of rotatable bonds is 7. The zero-order valence-electron chi connectivity index (χ0n) is 22.6. The van der Waals surface area contributed by atoms with Crippen LogP contribution in [0.4, 0.5) is 22.0 Å². The highest BCUT2D eigenvalue weighted by Crippen LogP contribution is 2.37. The van der Waals surface area contributed by atoms with Gasteiger partial charge in [0.05, 0.1) is 29.1 Å². The van der Waals surface area contributed by atoms with Crippen LogP contribution in [0, 0.1) is 18.6 Å². The molecule has 3 aromatic carbocycles. The van der Waals surface area contributed by atoms with Crippen LogP contribution in [0.15, 0.2) is 65.8 Å². The molecule has 5 rings (SSSR count). The van der Waals surface area contributed by atoms with Crippen LogP contribution in [-0.2, 0) is 27.4 Å². The number of hydrogen-bond acceptors (Lipinski definition) is 6. The minimum Gasteiger partial charge on any atom is -0.380 e. The lowest BCUT2D eigenvalue weighted by atomic mass is 10.0. The Morgan fingerprint density at radius 1 is 0.977 bits per heavy atom. The second-order valence-corrected chi connectivity index (χ2v) is 12.0. The highest BCUT2D eigenvalue weighted by molar-refractivity contribution is 7.90. The summed E-state index contributed by atoms with van der Waals surface area (Å²) in [5, 5.41) is 8.43. The van der Waals surface area contributed by atoms with Crippen LogP contribution in [0.2, 0.25) is 5.02 Å². The topological polar surface area (TPSA) is 91.9 Å². The van der Waals surface area contributed by atoms with Gasteiger partial charge in [-0.1, -0.05) is 28.9 Å². The van der Waals surface area contributed by atoms with E-state index in [0.717, 1.165) is 23.0 Å². The van der Waals surface area contributed by atoms with Crippen molar-refractivity contribution >= 4 is 21.4 Å². The molecule has 15 heteroatoms. The number of imidazole rings is 1. The molecule has 8 nitrogen and oxygen atoms in total. The van der Waals surface area contributed by atoms with Crippen molar-refractivity contribution in [1.82, 2.24) is 24.5 Å². The van der Waals surface area contributed by atoms with Crippen molar-refractivity contribution in [3.63, 3.8) is 0 Å². The van der Waals surface area contributed by atoms with E-state index in [-0.39, 0.29) is 45.4 Å². The molecule has 0 aliphatic rings. The van der Waals surface area contributed by atoms with Crippen molar-refractivity contribution in [2.24, 2.45) is 0 Å². The van der Waals surface area contributed by atoms with Gasteiger partial charge in [0, 0.05) is 35.7 Å². The summed E-state index contributed by atoms with van der Waals surface area (Å²) in [4.78, 5) is 3.19. The average molecular weight is 638 g/mol. The summed E-state index contributed by atoms with van der Waals surface area (Å²) in [6.07, 6.45) is -1.90. The Balaban J connectivity index is 1.82. The van der Waals surface area contributed by atoms with Gasteiger partial charge in [0.1, 0.15) is 23.1 Å². The van der Waals surface area contributed by atoms with Crippen molar-refractivity contribution in [3.05, 3.63) is 94.7 Å². The first kappa shape index (κ1) is 30.3. The van der Waals surface area contributed by atoms with Crippen LogP contribution in [0.3, 0.4) is 0 Å². The van der Waals surface area contributed by atoms with Gasteiger partial charge in [0.2, 0.25) is 0 Å². The standard InChI is InChI=1S/C28H21ClF5N5O3S/c1-15-36-26(28(32,33)34)13-38(15)27-22(31)9-17(18-8-21(30)20(14-42-2)25(11-18)43(3,40)41)10-23(27)39-24(12-35-37-39)16-4-6-19(29)7-5-16/h4-13H,14H2,1-3H3. The molecule has 2 aromatic heterocycles. The van der Waals surface area contributed by atoms with Gasteiger partial charge in [0.25, 0.3) is 0 Å². The predicted molar refractivity (Wildman–Crippen MR) is 148 cm³/mol. The summed E-state index contributed by atoms with van der Waals surface area (Å²) in [7, 11) is -2.68. The number of sulfone groups is 1. The largest absolute Gasteiger partial charge is 0.434 e. The van der Waals surface area contributed by atoms with Gasteiger partial charge in [-0.05, 0) is 54.4 Å². The lowest BCUT2D eigenvalue weighted by Crippen LogP contribution is -2.10. The minimum absolute atomic E-state index is 0.00962. The molecule has 224 valence electrons. The lowest BCUT2D eigenvalue weighted by Gasteiger charge is -2.18. The van der Waals surface area contributed by atoms with Gasteiger partial charge in [0.15, 0.2) is 15.5 Å². The fourth-order valence-corrected chi connectivity index (χ4v) is 5.68. The van der Waals surface area contributed by atoms with Gasteiger partial charge in [-0.25, -0.2) is 26.9 Å². The summed E-state index contributed by atoms with van der Waals surface area (Å²) in [6, 6.07) is 11.0. The van der Waals surface area contributed by atoms with Crippen molar-refractivity contribution in [2.75, 3.05) is 13.4 Å². The lowest BCUT2D eigenvalue weighted by molar-refractivity contribution is -0.141. The highest BCUT2D eigenvalue weighted by Gasteiger charge is 2.35. The van der Waals surface area contributed by atoms with Gasteiger partial charge >= 0.3 is 6.18 Å². The Kier molecular flexibility index (Phi) is 7.88. The fourth-order valence-electron chi connectivity index (χ4n) is 4.61. The molecule has 0 fully saturated rings. The first-order chi connectivity index (χ1) is 20.2. The highest BCUT2D eigenvalue weighted by atomic mass is 35.5. The third kappa shape index (κ3) is 5.90. The number of halogens is 6. The summed E-state index contributed by atoms with van der Waals surface area (Å²) in [6.45, 7) is 0.939. The molecule has 0 aliphatic carbocycles. The van der Waals surface area contributed by atoms with Crippen molar-refractivity contribution < 1.29 is 35.1 Å². The molecule has 0 saturated carbocycles. The molecule has 0 aliphatic heterocycles. The number of nitrogens with zero attached hydrogens (tertiary/aromatic N) is 5. The Morgan fingerprint density at radius 3 is 2.23 bits per heavy atom. The summed E-state index contributed by atoms with van der Waals surface area (Å²) >= 11 is 6.02. The summed E-state index contributed by atoms with van der Waals surface area (Å²) < 4.78 is 104. The zero-order chi connectivity index (χ0) is 31.3. The van der Waals surface area contributed by atoms with E-state index in [1.807, 2.05) is 0 Å². The molecular weight excluding hydrogens is 617 g/mol. The van der Waals surface area contributed by atoms with Gasteiger partial charge in [-0.15, -0.1) is 5.10 Å². The van der Waals surface area contributed by atoms with Crippen molar-refractivity contribution in [2.45, 2.75) is 24.6 Å². The zero-order valence-corrected chi connectivity index (χ0v) is 24.2. The summed E-state index contributed by atoms with van der Waals surface area (Å²) in [5.41, 5.74) is -1.05. The molecule has 0 atom stereocenters. The molecule has 0 saturated heterocycles. The van der Waals surface area contributed by atoms with Crippen LogP contribution >= 0.6 is 11.6 Å². The van der Waals surface area contributed by atoms with Crippen LogP contribution in [0.25, 0.3) is 33.8 Å². The second kappa shape index (κ2) is 11.2. The number of aromatic nitrogens is 5. The minimum atomic E-state index is -4.81. The predicted octanol–water partition coefficient (Wildman–Crippen LogP) is 6.60. The van der Waals surface area contributed by atoms with Gasteiger partial charge in [-0.2, -0.15) is 13.2 Å². The monoisotopic (exact) mass is 637 g/mol. The normalized spacial score (nSPS) is 12.2. The molecule has 2 heterocycles. The fraction of sp³-hybridized carbons (Fsp3) is 0.179. The maximum absolute atomic E-state index is 16.1. The average Bonchev–Trinajstić information content (AvgIpc) is 3.56. The van der Waals surface area contributed by atoms with E-state index in [1.165, 1.54) is 37.0 Å². The molecule has 0 amide bonds. The smallest absolute Gasteiger partial charge is 0.380 e. The van der Waals surface area contributed by atoms with E-state index in [9.17, 15) is 21.6 Å². The first-order valence-electron chi connectivity index (χ1n) is 12.3. The van der Waals surface area contributed by atoms with Crippen LogP contribution in [0.5, 0.6) is 0 Å². The Morgan fingerprint density at radius 2 is 1.63 bits per heavy atom. The first-order valence-corrected chi connectivity index (χ1v) is 14.6. The molecule has 0 bridgehead atoms. The molecule has 0 radical (unpaired) electrons. The number of ether oxygens (including phenoxy) is 1. The maximum Gasteiger partial charge on any atom is 0.434 e. The third-order valence-corrected chi connectivity index (χ3v) is 7.97. The van der Waals surface area contributed by atoms with Crippen molar-refractivity contribution in [1.29, 1.82) is 0 Å². The molecule has 0 spiro atoms. The van der Waals surface area contributed by atoms with E-state index in [2.05, 4.69) is 15.3 Å². The number of aryl methyl sites for hydroxylation is 1. The van der Waals surface area contributed by atoms with Crippen molar-refractivity contribution in [3.8, 4) is 33.8 Å². The van der Waals surface area contributed by atoms with E-state index in [0.29, 0.717) is 22.5 Å². The van der Waals surface area contributed by atoms with Crippen LogP contribution in [-0.4, -0.2) is 46.3 Å². The molecule has 5 aromatic rings. The molecule has 0 unspecified atom stereocenters. The number of methoxy groups -OCH3 is 1. The van der Waals surface area contributed by atoms with Crippen LogP contribution in [0.1, 0.15) is 17.1 Å². The SMILES string of the molecule is COCc1c(F)cc(-c2cc(F)c(-n3cc(C(F)(F)F)nc3C)c(-n3nncc3-c3ccc(Cl)cc3)c2)cc1S(C)(=O)=O. The number of alkyl halides is 3. The van der Waals surface area contributed by atoms with E-state index in [1.54, 1.807) is 24.3 Å². The number of benzene rings is 3. The Labute approximate surface area is 247 Å². The third-order valence-electron chi connectivity index (χ3n) is 6.55. The second-order valence-electron chi connectivity index (χ2n) is 9.54. The van der Waals surface area contributed by atoms with Gasteiger partial charge in [-0.3, -0.25) is 4.57 Å².